The smallest absolute Gasteiger partial charge is 0.270 e. The largest absolute Gasteiger partial charge is 0.352 e. The van der Waals surface area contributed by atoms with Gasteiger partial charge in [-0.2, -0.15) is 0 Å². The van der Waals surface area contributed by atoms with Crippen molar-refractivity contribution in [1.29, 1.82) is 0 Å². The van der Waals surface area contributed by atoms with Crippen LogP contribution in [0.3, 0.4) is 0 Å². The number of nitro groups is 1. The van der Waals surface area contributed by atoms with E-state index in [4.69, 9.17) is 0 Å². The fraction of sp³-hybridized carbons (Fsp3) is 0.417. The summed E-state index contributed by atoms with van der Waals surface area (Å²) in [5, 5.41) is 13.4. The van der Waals surface area contributed by atoms with Crippen LogP contribution in [0.5, 0.6) is 0 Å². The van der Waals surface area contributed by atoms with E-state index < -0.39 is 4.92 Å². The first-order valence-electron chi connectivity index (χ1n) is 5.59. The van der Waals surface area contributed by atoms with Crippen molar-refractivity contribution in [3.8, 4) is 0 Å². The fourth-order valence-corrected chi connectivity index (χ4v) is 1.44. The molecule has 1 amide bonds. The van der Waals surface area contributed by atoms with E-state index in [-0.39, 0.29) is 11.6 Å². The second-order valence-corrected chi connectivity index (χ2v) is 3.87. The van der Waals surface area contributed by atoms with Crippen molar-refractivity contribution >= 4 is 11.6 Å². The standard InChI is InChI=1S/C12H16N2O3/c1-3-4-7-13-12(15)11-8-10(14(16)17)6-5-9(11)2/h5-6,8H,3-4,7H2,1-2H3,(H,13,15). The SMILES string of the molecule is CCCCNC(=O)c1cc([N+](=O)[O-])ccc1C. The number of nitrogens with one attached hydrogen (secondary N) is 1. The Labute approximate surface area is 100.0 Å². The van der Waals surface area contributed by atoms with Gasteiger partial charge in [0.2, 0.25) is 0 Å². The first-order chi connectivity index (χ1) is 8.06. The highest BCUT2D eigenvalue weighted by Crippen LogP contribution is 2.17. The Hall–Kier alpha value is -1.91. The van der Waals surface area contributed by atoms with Crippen LogP contribution in [-0.4, -0.2) is 17.4 Å². The zero-order chi connectivity index (χ0) is 12.8. The van der Waals surface area contributed by atoms with Crippen LogP contribution in [0.2, 0.25) is 0 Å². The van der Waals surface area contributed by atoms with E-state index >= 15 is 0 Å². The van der Waals surface area contributed by atoms with Crippen LogP contribution in [0.4, 0.5) is 5.69 Å². The monoisotopic (exact) mass is 236 g/mol. The quantitative estimate of drug-likeness (QED) is 0.485. The topological polar surface area (TPSA) is 72.2 Å². The summed E-state index contributed by atoms with van der Waals surface area (Å²) in [7, 11) is 0. The minimum Gasteiger partial charge on any atom is -0.352 e. The van der Waals surface area contributed by atoms with E-state index in [1.165, 1.54) is 12.1 Å². The average molecular weight is 236 g/mol. The van der Waals surface area contributed by atoms with Gasteiger partial charge in [0.25, 0.3) is 11.6 Å². The van der Waals surface area contributed by atoms with E-state index in [1.54, 1.807) is 13.0 Å². The zero-order valence-electron chi connectivity index (χ0n) is 10.0. The number of aryl methyl sites for hydroxylation is 1. The van der Waals surface area contributed by atoms with Gasteiger partial charge in [0.1, 0.15) is 0 Å². The number of amides is 1. The van der Waals surface area contributed by atoms with Gasteiger partial charge < -0.3 is 5.32 Å². The summed E-state index contributed by atoms with van der Waals surface area (Å²) in [6.45, 7) is 4.39. The van der Waals surface area contributed by atoms with Gasteiger partial charge in [0.05, 0.1) is 4.92 Å². The molecule has 1 aromatic rings. The summed E-state index contributed by atoms with van der Waals surface area (Å²) >= 11 is 0. The molecular weight excluding hydrogens is 220 g/mol. The summed E-state index contributed by atoms with van der Waals surface area (Å²) in [5.74, 6) is -0.250. The average Bonchev–Trinajstić information content (AvgIpc) is 2.29. The van der Waals surface area contributed by atoms with Crippen molar-refractivity contribution in [3.05, 3.63) is 39.4 Å². The van der Waals surface area contributed by atoms with E-state index in [2.05, 4.69) is 5.32 Å². The van der Waals surface area contributed by atoms with Gasteiger partial charge in [-0.1, -0.05) is 19.4 Å². The fourth-order valence-electron chi connectivity index (χ4n) is 1.44. The van der Waals surface area contributed by atoms with Gasteiger partial charge >= 0.3 is 0 Å². The minimum absolute atomic E-state index is 0.0590. The molecule has 1 aromatic carbocycles. The molecule has 0 bridgehead atoms. The Morgan fingerprint density at radius 2 is 2.18 bits per heavy atom. The molecule has 0 saturated carbocycles. The van der Waals surface area contributed by atoms with Crippen LogP contribution in [0.25, 0.3) is 0 Å². The molecule has 0 aliphatic carbocycles. The molecular formula is C12H16N2O3. The van der Waals surface area contributed by atoms with Crippen LogP contribution >= 0.6 is 0 Å². The molecule has 0 atom stereocenters. The Morgan fingerprint density at radius 1 is 1.47 bits per heavy atom. The van der Waals surface area contributed by atoms with E-state index in [9.17, 15) is 14.9 Å². The summed E-state index contributed by atoms with van der Waals surface area (Å²) in [6, 6.07) is 4.31. The number of hydrogen-bond acceptors (Lipinski definition) is 3. The molecule has 0 fully saturated rings. The third-order valence-electron chi connectivity index (χ3n) is 2.49. The third kappa shape index (κ3) is 3.55. The highest BCUT2D eigenvalue weighted by Gasteiger charge is 2.13. The number of nitro benzene ring substituents is 1. The molecule has 5 heteroatoms. The van der Waals surface area contributed by atoms with Crippen LogP contribution in [0.15, 0.2) is 18.2 Å². The van der Waals surface area contributed by atoms with E-state index in [1.807, 2.05) is 6.92 Å². The molecule has 0 aliphatic heterocycles. The number of rotatable bonds is 5. The molecule has 0 aliphatic rings. The van der Waals surface area contributed by atoms with Gasteiger partial charge in [-0.15, -0.1) is 0 Å². The Kier molecular flexibility index (Phi) is 4.63. The molecule has 0 spiro atoms. The summed E-state index contributed by atoms with van der Waals surface area (Å²) in [6.07, 6.45) is 1.90. The lowest BCUT2D eigenvalue weighted by Gasteiger charge is -2.06. The summed E-state index contributed by atoms with van der Waals surface area (Å²) in [4.78, 5) is 21.9. The Bertz CT molecular complexity index is 430. The first-order valence-corrected chi connectivity index (χ1v) is 5.59. The number of unbranched alkanes of at least 4 members (excludes halogenated alkanes) is 1. The molecule has 0 aromatic heterocycles. The van der Waals surface area contributed by atoms with Crippen LogP contribution < -0.4 is 5.32 Å². The number of carbonyl (C=O) groups is 1. The van der Waals surface area contributed by atoms with Gasteiger partial charge in [-0.3, -0.25) is 14.9 Å². The highest BCUT2D eigenvalue weighted by atomic mass is 16.6. The maximum Gasteiger partial charge on any atom is 0.270 e. The third-order valence-corrected chi connectivity index (χ3v) is 2.49. The van der Waals surface area contributed by atoms with Crippen molar-refractivity contribution in [2.75, 3.05) is 6.54 Å². The number of non-ortho nitro benzene ring substituents is 1. The van der Waals surface area contributed by atoms with Gasteiger partial charge in [0.15, 0.2) is 0 Å². The van der Waals surface area contributed by atoms with Crippen molar-refractivity contribution in [2.24, 2.45) is 0 Å². The maximum absolute atomic E-state index is 11.8. The molecule has 0 saturated heterocycles. The van der Waals surface area contributed by atoms with E-state index in [0.717, 1.165) is 18.4 Å². The maximum atomic E-state index is 11.8. The molecule has 0 radical (unpaired) electrons. The van der Waals surface area contributed by atoms with Gasteiger partial charge in [-0.25, -0.2) is 0 Å². The minimum atomic E-state index is -0.498. The lowest BCUT2D eigenvalue weighted by atomic mass is 10.1. The normalized spacial score (nSPS) is 10.0. The second-order valence-electron chi connectivity index (χ2n) is 3.87. The van der Waals surface area contributed by atoms with Crippen molar-refractivity contribution in [3.63, 3.8) is 0 Å². The summed E-state index contributed by atoms with van der Waals surface area (Å²) in [5.41, 5.74) is 1.05. The molecule has 0 unspecified atom stereocenters. The predicted molar refractivity (Wildman–Crippen MR) is 65.1 cm³/mol. The number of hydrogen-bond donors (Lipinski definition) is 1. The predicted octanol–water partition coefficient (Wildman–Crippen LogP) is 2.43. The molecule has 17 heavy (non-hydrogen) atoms. The Morgan fingerprint density at radius 3 is 2.76 bits per heavy atom. The molecule has 1 rings (SSSR count). The summed E-state index contributed by atoms with van der Waals surface area (Å²) < 4.78 is 0. The first kappa shape index (κ1) is 13.2. The zero-order valence-corrected chi connectivity index (χ0v) is 10.0. The highest BCUT2D eigenvalue weighted by molar-refractivity contribution is 5.96. The van der Waals surface area contributed by atoms with Crippen molar-refractivity contribution < 1.29 is 9.72 Å². The number of benzene rings is 1. The lowest BCUT2D eigenvalue weighted by molar-refractivity contribution is -0.384. The molecule has 1 N–H and O–H groups in total. The van der Waals surface area contributed by atoms with Gasteiger partial charge in [-0.05, 0) is 18.9 Å². The van der Waals surface area contributed by atoms with Crippen LogP contribution in [-0.2, 0) is 0 Å². The van der Waals surface area contributed by atoms with Gasteiger partial charge in [0, 0.05) is 24.2 Å². The molecule has 5 nitrogen and oxygen atoms in total. The lowest BCUT2D eigenvalue weighted by Crippen LogP contribution is -2.25. The molecule has 92 valence electrons. The molecule has 0 heterocycles. The Balaban J connectivity index is 2.84. The van der Waals surface area contributed by atoms with Crippen LogP contribution in [0.1, 0.15) is 35.7 Å². The number of nitrogens with zero attached hydrogens (tertiary/aromatic N) is 1. The van der Waals surface area contributed by atoms with E-state index in [0.29, 0.717) is 12.1 Å². The van der Waals surface area contributed by atoms with Crippen LogP contribution in [0, 0.1) is 17.0 Å². The van der Waals surface area contributed by atoms with Crippen molar-refractivity contribution in [2.45, 2.75) is 26.7 Å². The second kappa shape index (κ2) is 5.98. The van der Waals surface area contributed by atoms with Crippen molar-refractivity contribution in [1.82, 2.24) is 5.32 Å². The number of carbonyl (C=O) groups excluding carboxylic acids is 1.